The number of fused-ring (bicyclic) bond motifs is 1. The molecule has 1 aromatic heterocycles. The van der Waals surface area contributed by atoms with Crippen molar-refractivity contribution in [3.8, 4) is 0 Å². The summed E-state index contributed by atoms with van der Waals surface area (Å²) in [5.41, 5.74) is 4.25. The van der Waals surface area contributed by atoms with Gasteiger partial charge in [0.2, 0.25) is 0 Å². The van der Waals surface area contributed by atoms with Crippen LogP contribution in [0.15, 0.2) is 24.3 Å². The zero-order chi connectivity index (χ0) is 11.5. The van der Waals surface area contributed by atoms with E-state index in [-0.39, 0.29) is 0 Å². The van der Waals surface area contributed by atoms with E-state index in [1.165, 1.54) is 28.6 Å². The molecular formula is C14H20N2. The first-order valence-electron chi connectivity index (χ1n) is 5.93. The zero-order valence-electron chi connectivity index (χ0n) is 10.4. The van der Waals surface area contributed by atoms with E-state index in [1.807, 2.05) is 7.05 Å². The Labute approximate surface area is 97.3 Å². The quantitative estimate of drug-likeness (QED) is 0.777. The first-order chi connectivity index (χ1) is 7.75. The molecule has 1 heterocycles. The number of nitrogens with zero attached hydrogens (tertiary/aromatic N) is 1. The lowest BCUT2D eigenvalue weighted by Gasteiger charge is -2.02. The number of hydrogen-bond donors (Lipinski definition) is 1. The zero-order valence-corrected chi connectivity index (χ0v) is 10.4. The van der Waals surface area contributed by atoms with Crippen LogP contribution >= 0.6 is 0 Å². The third-order valence-electron chi connectivity index (χ3n) is 3.38. The smallest absolute Gasteiger partial charge is 0.0482 e. The summed E-state index contributed by atoms with van der Waals surface area (Å²) in [6.07, 6.45) is 2.36. The Morgan fingerprint density at radius 3 is 2.75 bits per heavy atom. The summed E-state index contributed by atoms with van der Waals surface area (Å²) >= 11 is 0. The standard InChI is InChI=1S/C14H20N2/c1-11-12(8-6-10-15-2)13-7-4-5-9-14(13)16(11)3/h4-5,7,9,15H,6,8,10H2,1-3H3. The Kier molecular flexibility index (Phi) is 3.30. The molecule has 0 aliphatic rings. The van der Waals surface area contributed by atoms with Gasteiger partial charge in [0.05, 0.1) is 0 Å². The van der Waals surface area contributed by atoms with Gasteiger partial charge >= 0.3 is 0 Å². The molecule has 0 unspecified atom stereocenters. The number of nitrogens with one attached hydrogen (secondary N) is 1. The van der Waals surface area contributed by atoms with Crippen LogP contribution in [-0.4, -0.2) is 18.2 Å². The topological polar surface area (TPSA) is 17.0 Å². The summed E-state index contributed by atoms with van der Waals surface area (Å²) in [5, 5.41) is 4.62. The van der Waals surface area contributed by atoms with Crippen molar-refractivity contribution in [1.82, 2.24) is 9.88 Å². The third-order valence-corrected chi connectivity index (χ3v) is 3.38. The van der Waals surface area contributed by atoms with Gasteiger partial charge in [0, 0.05) is 23.6 Å². The molecule has 1 aromatic carbocycles. The highest BCUT2D eigenvalue weighted by atomic mass is 14.9. The SMILES string of the molecule is CNCCCc1c(C)n(C)c2ccccc12. The van der Waals surface area contributed by atoms with Crippen molar-refractivity contribution in [3.05, 3.63) is 35.5 Å². The largest absolute Gasteiger partial charge is 0.348 e. The average Bonchev–Trinajstić information content (AvgIpc) is 2.55. The third kappa shape index (κ3) is 1.85. The molecule has 2 heteroatoms. The molecule has 0 saturated heterocycles. The van der Waals surface area contributed by atoms with Crippen molar-refractivity contribution in [2.45, 2.75) is 19.8 Å². The predicted molar refractivity (Wildman–Crippen MR) is 69.9 cm³/mol. The van der Waals surface area contributed by atoms with E-state index in [2.05, 4.69) is 48.1 Å². The molecule has 0 fully saturated rings. The highest BCUT2D eigenvalue weighted by Gasteiger charge is 2.10. The molecule has 2 nitrogen and oxygen atoms in total. The number of hydrogen-bond acceptors (Lipinski definition) is 1. The second-order valence-corrected chi connectivity index (χ2v) is 4.35. The summed E-state index contributed by atoms with van der Waals surface area (Å²) in [6.45, 7) is 3.30. The molecule has 0 radical (unpaired) electrons. The van der Waals surface area contributed by atoms with Gasteiger partial charge in [0.1, 0.15) is 0 Å². The van der Waals surface area contributed by atoms with Crippen molar-refractivity contribution in [2.75, 3.05) is 13.6 Å². The van der Waals surface area contributed by atoms with Crippen molar-refractivity contribution in [1.29, 1.82) is 0 Å². The van der Waals surface area contributed by atoms with Crippen molar-refractivity contribution >= 4 is 10.9 Å². The highest BCUT2D eigenvalue weighted by Crippen LogP contribution is 2.25. The van der Waals surface area contributed by atoms with Crippen LogP contribution in [0.1, 0.15) is 17.7 Å². The maximum atomic E-state index is 3.21. The van der Waals surface area contributed by atoms with Crippen LogP contribution in [0.4, 0.5) is 0 Å². The summed E-state index contributed by atoms with van der Waals surface area (Å²) in [7, 11) is 4.16. The van der Waals surface area contributed by atoms with E-state index in [0.717, 1.165) is 13.0 Å². The minimum Gasteiger partial charge on any atom is -0.348 e. The van der Waals surface area contributed by atoms with Crippen LogP contribution in [0.5, 0.6) is 0 Å². The predicted octanol–water partition coefficient (Wildman–Crippen LogP) is 2.64. The minimum atomic E-state index is 1.09. The van der Waals surface area contributed by atoms with Crippen molar-refractivity contribution in [3.63, 3.8) is 0 Å². The number of rotatable bonds is 4. The fourth-order valence-electron chi connectivity index (χ4n) is 2.36. The molecule has 0 aliphatic carbocycles. The second kappa shape index (κ2) is 4.71. The summed E-state index contributed by atoms with van der Waals surface area (Å²) in [5.74, 6) is 0. The number of para-hydroxylation sites is 1. The lowest BCUT2D eigenvalue weighted by atomic mass is 10.1. The van der Waals surface area contributed by atoms with Crippen molar-refractivity contribution < 1.29 is 0 Å². The van der Waals surface area contributed by atoms with Gasteiger partial charge in [0.15, 0.2) is 0 Å². The van der Waals surface area contributed by atoms with Crippen molar-refractivity contribution in [2.24, 2.45) is 7.05 Å². The molecule has 0 amide bonds. The van der Waals surface area contributed by atoms with Crippen LogP contribution in [0.3, 0.4) is 0 Å². The van der Waals surface area contributed by atoms with Crippen LogP contribution in [0, 0.1) is 6.92 Å². The highest BCUT2D eigenvalue weighted by molar-refractivity contribution is 5.85. The first kappa shape index (κ1) is 11.2. The molecule has 86 valence electrons. The van der Waals surface area contributed by atoms with Gasteiger partial charge in [-0.05, 0) is 45.0 Å². The lowest BCUT2D eigenvalue weighted by Crippen LogP contribution is -2.08. The van der Waals surface area contributed by atoms with Crippen LogP contribution in [0.2, 0.25) is 0 Å². The summed E-state index contributed by atoms with van der Waals surface area (Å²) < 4.78 is 2.30. The van der Waals surface area contributed by atoms with Crippen LogP contribution in [0.25, 0.3) is 10.9 Å². The monoisotopic (exact) mass is 216 g/mol. The normalized spacial score (nSPS) is 11.2. The fraction of sp³-hybridized carbons (Fsp3) is 0.429. The molecule has 0 saturated carbocycles. The molecule has 1 N–H and O–H groups in total. The Balaban J connectivity index is 2.39. The number of aryl methyl sites for hydroxylation is 2. The number of benzene rings is 1. The second-order valence-electron chi connectivity index (χ2n) is 4.35. The van der Waals surface area contributed by atoms with Crippen LogP contribution in [-0.2, 0) is 13.5 Å². The Morgan fingerprint density at radius 1 is 1.25 bits per heavy atom. The van der Waals surface area contributed by atoms with E-state index < -0.39 is 0 Å². The number of aromatic nitrogens is 1. The van der Waals surface area contributed by atoms with E-state index >= 15 is 0 Å². The molecule has 0 aliphatic heterocycles. The van der Waals surface area contributed by atoms with E-state index in [4.69, 9.17) is 0 Å². The minimum absolute atomic E-state index is 1.09. The molecule has 2 rings (SSSR count). The summed E-state index contributed by atoms with van der Waals surface area (Å²) in [4.78, 5) is 0. The van der Waals surface area contributed by atoms with Gasteiger partial charge in [-0.15, -0.1) is 0 Å². The molecular weight excluding hydrogens is 196 g/mol. The lowest BCUT2D eigenvalue weighted by molar-refractivity contribution is 0.722. The molecule has 0 atom stereocenters. The Morgan fingerprint density at radius 2 is 2.00 bits per heavy atom. The van der Waals surface area contributed by atoms with Gasteiger partial charge in [-0.2, -0.15) is 0 Å². The van der Waals surface area contributed by atoms with Gasteiger partial charge in [-0.1, -0.05) is 18.2 Å². The van der Waals surface area contributed by atoms with Gasteiger partial charge < -0.3 is 9.88 Å². The van der Waals surface area contributed by atoms with Gasteiger partial charge in [-0.25, -0.2) is 0 Å². The van der Waals surface area contributed by atoms with Gasteiger partial charge in [0.25, 0.3) is 0 Å². The average molecular weight is 216 g/mol. The van der Waals surface area contributed by atoms with Gasteiger partial charge in [-0.3, -0.25) is 0 Å². The summed E-state index contributed by atoms with van der Waals surface area (Å²) in [6, 6.07) is 8.67. The molecule has 0 spiro atoms. The van der Waals surface area contributed by atoms with E-state index in [9.17, 15) is 0 Å². The van der Waals surface area contributed by atoms with E-state index in [0.29, 0.717) is 0 Å². The fourth-order valence-corrected chi connectivity index (χ4v) is 2.36. The first-order valence-corrected chi connectivity index (χ1v) is 5.93. The molecule has 0 bridgehead atoms. The van der Waals surface area contributed by atoms with E-state index in [1.54, 1.807) is 0 Å². The maximum absolute atomic E-state index is 3.21. The van der Waals surface area contributed by atoms with Crippen LogP contribution < -0.4 is 5.32 Å². The molecule has 2 aromatic rings. The Bertz CT molecular complexity index is 483. The Hall–Kier alpha value is -1.28. The maximum Gasteiger partial charge on any atom is 0.0482 e. The molecule has 16 heavy (non-hydrogen) atoms.